The van der Waals surface area contributed by atoms with Crippen LogP contribution in [0.5, 0.6) is 0 Å². The largest absolute Gasteiger partial charge is 0.463 e. The van der Waals surface area contributed by atoms with Gasteiger partial charge in [-0.25, -0.2) is 22.7 Å². The van der Waals surface area contributed by atoms with E-state index in [0.29, 0.717) is 0 Å². The van der Waals surface area contributed by atoms with Gasteiger partial charge in [0.2, 0.25) is 10.0 Å². The fraction of sp³-hybridized carbons (Fsp3) is 0.429. The first-order valence-corrected chi connectivity index (χ1v) is 8.73. The van der Waals surface area contributed by atoms with E-state index in [1.165, 1.54) is 19.2 Å². The number of ether oxygens (including phenoxy) is 2. The van der Waals surface area contributed by atoms with Crippen molar-refractivity contribution in [2.45, 2.75) is 24.7 Å². The van der Waals surface area contributed by atoms with Crippen LogP contribution in [-0.4, -0.2) is 40.6 Å². The molecule has 0 saturated heterocycles. The summed E-state index contributed by atoms with van der Waals surface area (Å²) in [5.74, 6) is -1.51. The molecule has 0 spiro atoms. The summed E-state index contributed by atoms with van der Waals surface area (Å²) in [5, 5.41) is -0.0325. The van der Waals surface area contributed by atoms with Crippen molar-refractivity contribution in [3.8, 4) is 0 Å². The van der Waals surface area contributed by atoms with E-state index in [9.17, 15) is 18.0 Å². The average molecular weight is 364 g/mol. The Kier molecular flexibility index (Phi) is 7.47. The summed E-state index contributed by atoms with van der Waals surface area (Å²) in [4.78, 5) is 23.0. The van der Waals surface area contributed by atoms with E-state index in [-0.39, 0.29) is 22.1 Å². The Morgan fingerprint density at radius 1 is 1.26 bits per heavy atom. The first-order valence-electron chi connectivity index (χ1n) is 6.87. The van der Waals surface area contributed by atoms with Crippen molar-refractivity contribution in [2.75, 3.05) is 20.3 Å². The minimum atomic E-state index is -3.81. The third kappa shape index (κ3) is 5.81. The second kappa shape index (κ2) is 8.85. The fourth-order valence-electron chi connectivity index (χ4n) is 1.53. The molecule has 0 radical (unpaired) electrons. The van der Waals surface area contributed by atoms with Crippen molar-refractivity contribution >= 4 is 33.6 Å². The van der Waals surface area contributed by atoms with Gasteiger partial charge in [0.1, 0.15) is 4.90 Å². The molecule has 0 saturated carbocycles. The van der Waals surface area contributed by atoms with Crippen molar-refractivity contribution in [1.29, 1.82) is 0 Å². The van der Waals surface area contributed by atoms with E-state index >= 15 is 0 Å². The number of benzene rings is 1. The smallest absolute Gasteiger partial charge is 0.344 e. The Bertz CT molecular complexity index is 674. The lowest BCUT2D eigenvalue weighted by molar-refractivity contribution is -0.147. The van der Waals surface area contributed by atoms with Gasteiger partial charge >= 0.3 is 11.9 Å². The summed E-state index contributed by atoms with van der Waals surface area (Å²) in [5.41, 5.74) is -0.0374. The van der Waals surface area contributed by atoms with Crippen LogP contribution in [0.15, 0.2) is 23.1 Å². The van der Waals surface area contributed by atoms with Gasteiger partial charge in [-0.2, -0.15) is 0 Å². The molecule has 1 aromatic rings. The normalized spacial score (nSPS) is 11.1. The minimum absolute atomic E-state index is 0.0325. The lowest BCUT2D eigenvalue weighted by Crippen LogP contribution is -2.20. The summed E-state index contributed by atoms with van der Waals surface area (Å²) in [7, 11) is -2.59. The highest BCUT2D eigenvalue weighted by atomic mass is 35.5. The van der Waals surface area contributed by atoms with E-state index < -0.39 is 28.6 Å². The number of rotatable bonds is 8. The second-order valence-electron chi connectivity index (χ2n) is 4.50. The molecule has 9 heteroatoms. The Morgan fingerprint density at radius 2 is 1.96 bits per heavy atom. The molecule has 0 aliphatic carbocycles. The number of halogens is 1. The zero-order valence-electron chi connectivity index (χ0n) is 12.8. The molecule has 0 unspecified atom stereocenters. The molecular weight excluding hydrogens is 346 g/mol. The van der Waals surface area contributed by atoms with Gasteiger partial charge in [0.25, 0.3) is 0 Å². The predicted molar refractivity (Wildman–Crippen MR) is 83.8 cm³/mol. The molecule has 0 amide bonds. The summed E-state index contributed by atoms with van der Waals surface area (Å²) in [6.07, 6.45) is 1.60. The van der Waals surface area contributed by atoms with E-state index in [1.807, 2.05) is 6.92 Å². The number of carbonyl (C=O) groups excluding carboxylic acids is 2. The topological polar surface area (TPSA) is 98.8 Å². The summed E-state index contributed by atoms with van der Waals surface area (Å²) in [6, 6.07) is 3.66. The molecule has 0 bridgehead atoms. The van der Waals surface area contributed by atoms with Gasteiger partial charge in [0, 0.05) is 0 Å². The monoisotopic (exact) mass is 363 g/mol. The molecule has 0 aliphatic heterocycles. The number of sulfonamides is 1. The van der Waals surface area contributed by atoms with E-state index in [2.05, 4.69) is 4.72 Å². The summed E-state index contributed by atoms with van der Waals surface area (Å²) >= 11 is 5.82. The number of carbonyl (C=O) groups is 2. The number of hydrogen-bond acceptors (Lipinski definition) is 6. The molecule has 128 valence electrons. The first-order chi connectivity index (χ1) is 10.8. The molecule has 1 N–H and O–H groups in total. The first kappa shape index (κ1) is 19.4. The van der Waals surface area contributed by atoms with Crippen LogP contribution in [0, 0.1) is 0 Å². The highest BCUT2D eigenvalue weighted by Crippen LogP contribution is 2.22. The zero-order valence-corrected chi connectivity index (χ0v) is 14.4. The molecule has 7 nitrogen and oxygen atoms in total. The van der Waals surface area contributed by atoms with E-state index in [1.54, 1.807) is 0 Å². The third-order valence-electron chi connectivity index (χ3n) is 2.81. The van der Waals surface area contributed by atoms with Crippen LogP contribution < -0.4 is 4.72 Å². The van der Waals surface area contributed by atoms with Crippen molar-refractivity contribution in [3.63, 3.8) is 0 Å². The molecule has 0 heterocycles. The molecule has 1 aromatic carbocycles. The second-order valence-corrected chi connectivity index (χ2v) is 6.77. The lowest BCUT2D eigenvalue weighted by Gasteiger charge is -2.08. The summed E-state index contributed by atoms with van der Waals surface area (Å²) < 4.78 is 35.3. The number of unbranched alkanes of at least 4 members (excludes halogenated alkanes) is 1. The predicted octanol–water partition coefficient (Wildman–Crippen LogP) is 1.75. The van der Waals surface area contributed by atoms with Gasteiger partial charge < -0.3 is 9.47 Å². The van der Waals surface area contributed by atoms with Gasteiger partial charge in [-0.05, 0) is 31.7 Å². The molecule has 0 aliphatic rings. The maximum Gasteiger partial charge on any atom is 0.344 e. The third-order valence-corrected chi connectivity index (χ3v) is 4.70. The highest BCUT2D eigenvalue weighted by molar-refractivity contribution is 7.89. The Labute approximate surface area is 140 Å². The van der Waals surface area contributed by atoms with Crippen LogP contribution in [0.2, 0.25) is 5.02 Å². The van der Waals surface area contributed by atoms with Crippen LogP contribution in [0.4, 0.5) is 0 Å². The lowest BCUT2D eigenvalue weighted by atomic mass is 10.2. The van der Waals surface area contributed by atoms with Gasteiger partial charge in [-0.1, -0.05) is 24.9 Å². The zero-order chi connectivity index (χ0) is 17.5. The maximum absolute atomic E-state index is 11.9. The molecule has 0 aromatic heterocycles. The van der Waals surface area contributed by atoms with Gasteiger partial charge in [0.15, 0.2) is 6.61 Å². The van der Waals surface area contributed by atoms with Crippen LogP contribution in [-0.2, 0) is 24.3 Å². The van der Waals surface area contributed by atoms with E-state index in [4.69, 9.17) is 21.1 Å². The summed E-state index contributed by atoms with van der Waals surface area (Å²) in [6.45, 7) is 1.67. The molecule has 1 rings (SSSR count). The standard InChI is InChI=1S/C14H18ClNO6S/c1-3-4-7-21-13(17)9-22-14(18)10-5-6-11(15)12(8-10)23(19,20)16-2/h5-6,8,16H,3-4,7,9H2,1-2H3. The number of hydrogen-bond donors (Lipinski definition) is 1. The number of nitrogens with one attached hydrogen (secondary N) is 1. The van der Waals surface area contributed by atoms with Crippen molar-refractivity contribution in [3.05, 3.63) is 28.8 Å². The highest BCUT2D eigenvalue weighted by Gasteiger charge is 2.19. The van der Waals surface area contributed by atoms with Gasteiger partial charge in [0.05, 0.1) is 17.2 Å². The molecular formula is C14H18ClNO6S. The quantitative estimate of drug-likeness (QED) is 0.558. The fourth-order valence-corrected chi connectivity index (χ4v) is 2.78. The Morgan fingerprint density at radius 3 is 2.57 bits per heavy atom. The Balaban J connectivity index is 2.74. The van der Waals surface area contributed by atoms with Crippen LogP contribution in [0.3, 0.4) is 0 Å². The van der Waals surface area contributed by atoms with Crippen molar-refractivity contribution < 1.29 is 27.5 Å². The minimum Gasteiger partial charge on any atom is -0.463 e. The molecule has 0 fully saturated rings. The SMILES string of the molecule is CCCCOC(=O)COC(=O)c1ccc(Cl)c(S(=O)(=O)NC)c1. The van der Waals surface area contributed by atoms with E-state index in [0.717, 1.165) is 18.9 Å². The van der Waals surface area contributed by atoms with Crippen LogP contribution >= 0.6 is 11.6 Å². The van der Waals surface area contributed by atoms with Gasteiger partial charge in [-0.15, -0.1) is 0 Å². The number of esters is 2. The molecule has 0 atom stereocenters. The average Bonchev–Trinajstić information content (AvgIpc) is 2.53. The van der Waals surface area contributed by atoms with Gasteiger partial charge in [-0.3, -0.25) is 0 Å². The van der Waals surface area contributed by atoms with Crippen LogP contribution in [0.1, 0.15) is 30.1 Å². The van der Waals surface area contributed by atoms with Crippen molar-refractivity contribution in [1.82, 2.24) is 4.72 Å². The Hall–Kier alpha value is -1.64. The molecule has 23 heavy (non-hydrogen) atoms. The van der Waals surface area contributed by atoms with Crippen LogP contribution in [0.25, 0.3) is 0 Å². The maximum atomic E-state index is 11.9. The van der Waals surface area contributed by atoms with Crippen molar-refractivity contribution in [2.24, 2.45) is 0 Å².